The molecule has 1 aliphatic rings. The lowest BCUT2D eigenvalue weighted by Crippen LogP contribution is -2.36. The summed E-state index contributed by atoms with van der Waals surface area (Å²) in [4.78, 5) is 61.9. The number of phosphoric acid groups is 2. The highest BCUT2D eigenvalue weighted by Gasteiger charge is 2.46. The normalized spacial score (nSPS) is 19.4. The largest absolute Gasteiger partial charge is 0.481 e. The van der Waals surface area contributed by atoms with E-state index in [9.17, 15) is 43.5 Å². The van der Waals surface area contributed by atoms with Crippen molar-refractivity contribution in [2.45, 2.75) is 205 Å². The number of allylic oxidation sites excluding steroid dienone is 10. The number of hydrogen-bond donors (Lipinski definition) is 6. The van der Waals surface area contributed by atoms with Gasteiger partial charge in [-0.25, -0.2) is 13.9 Å². The van der Waals surface area contributed by atoms with E-state index in [0.717, 1.165) is 107 Å². The molecule has 19 nitrogen and oxygen atoms in total. The number of ether oxygens (including phenoxy) is 3. The maximum absolute atomic E-state index is 12.9. The summed E-state index contributed by atoms with van der Waals surface area (Å²) in [5.74, 6) is -1.39. The zero-order valence-electron chi connectivity index (χ0n) is 43.1. The van der Waals surface area contributed by atoms with E-state index in [4.69, 9.17) is 34.1 Å². The Morgan fingerprint density at radius 3 is 1.75 bits per heavy atom. The Kier molecular flexibility index (Phi) is 36.5. The van der Waals surface area contributed by atoms with Crippen LogP contribution in [0.15, 0.2) is 77.8 Å². The summed E-state index contributed by atoms with van der Waals surface area (Å²) in [6, 6.07) is 1.24. The molecule has 1 saturated heterocycles. The van der Waals surface area contributed by atoms with E-state index in [1.165, 1.54) is 44.6 Å². The van der Waals surface area contributed by atoms with Crippen molar-refractivity contribution in [2.75, 3.05) is 32.2 Å². The van der Waals surface area contributed by atoms with Crippen molar-refractivity contribution in [1.82, 2.24) is 9.55 Å². The van der Waals surface area contributed by atoms with Gasteiger partial charge < -0.3 is 45.1 Å². The number of anilines is 1. The Morgan fingerprint density at radius 2 is 1.18 bits per heavy atom. The lowest BCUT2D eigenvalue weighted by atomic mass is 10.1. The molecular formula is C52H87N3O16P2. The molecule has 2 heterocycles. The summed E-state index contributed by atoms with van der Waals surface area (Å²) in [5.41, 5.74) is 4.58. The number of rotatable bonds is 44. The molecular weight excluding hydrogens is 985 g/mol. The molecule has 1 aromatic rings. The second kappa shape index (κ2) is 40.7. The Balaban J connectivity index is 1.81. The Morgan fingerprint density at radius 1 is 0.685 bits per heavy atom. The summed E-state index contributed by atoms with van der Waals surface area (Å²) < 4.78 is 56.8. The topological polar surface area (TPSA) is 286 Å². The first-order chi connectivity index (χ1) is 35.2. The molecule has 73 heavy (non-hydrogen) atoms. The van der Waals surface area contributed by atoms with Gasteiger partial charge in [0.2, 0.25) is 0 Å². The summed E-state index contributed by atoms with van der Waals surface area (Å²) in [6.07, 6.45) is 38.8. The molecule has 2 unspecified atom stereocenters. The third-order valence-electron chi connectivity index (χ3n) is 11.6. The van der Waals surface area contributed by atoms with E-state index in [2.05, 4.69) is 64.8 Å². The van der Waals surface area contributed by atoms with E-state index in [-0.39, 0.29) is 25.3 Å². The van der Waals surface area contributed by atoms with Gasteiger partial charge in [-0.15, -0.1) is 0 Å². The van der Waals surface area contributed by atoms with Crippen LogP contribution in [0.5, 0.6) is 0 Å². The lowest BCUT2D eigenvalue weighted by Gasteiger charge is -2.21. The molecule has 21 heteroatoms. The van der Waals surface area contributed by atoms with Crippen molar-refractivity contribution >= 4 is 33.4 Å². The monoisotopic (exact) mass is 1070 g/mol. The van der Waals surface area contributed by atoms with Crippen molar-refractivity contribution in [1.29, 1.82) is 0 Å². The number of aliphatic hydroxyl groups is 3. The molecule has 0 aliphatic carbocycles. The number of aliphatic hydroxyl groups excluding tert-OH is 3. The number of esters is 2. The van der Waals surface area contributed by atoms with Crippen LogP contribution in [0, 0.1) is 0 Å². The molecule has 2 rings (SSSR count). The molecule has 1 aromatic heterocycles. The maximum Gasteiger partial charge on any atom is 0.481 e. The van der Waals surface area contributed by atoms with Crippen LogP contribution in [-0.4, -0.2) is 97.4 Å². The number of nitrogens with zero attached hydrogens (tertiary/aromatic N) is 2. The SMILES string of the molecule is CCCCCCCC/C=C\CCCCCCCCCC(=O)O[C@H](COC(=O)CCC/C=C\C/C=C\C/C=C\C/C=C\CCCCCO)COP(=O)(O)OP(=O)(O)OC[C@H]1O[C@@H](n2ccc(N)nc2=O)[C@H](O)[C@@H]1O. The number of nitrogen functional groups attached to an aromatic ring is 1. The van der Waals surface area contributed by atoms with Gasteiger partial charge in [0.15, 0.2) is 12.3 Å². The second-order valence-corrected chi connectivity index (χ2v) is 21.1. The fraction of sp³-hybridized carbons (Fsp3) is 0.692. The Labute approximate surface area is 433 Å². The minimum Gasteiger partial charge on any atom is -0.462 e. The van der Waals surface area contributed by atoms with Crippen LogP contribution >= 0.6 is 15.6 Å². The predicted molar refractivity (Wildman–Crippen MR) is 281 cm³/mol. The van der Waals surface area contributed by atoms with E-state index in [1.54, 1.807) is 0 Å². The molecule has 7 N–H and O–H groups in total. The van der Waals surface area contributed by atoms with Crippen molar-refractivity contribution in [2.24, 2.45) is 0 Å². The molecule has 1 fully saturated rings. The molecule has 0 saturated carbocycles. The summed E-state index contributed by atoms with van der Waals surface area (Å²) in [6.45, 7) is 0.103. The third kappa shape index (κ3) is 33.2. The third-order valence-corrected chi connectivity index (χ3v) is 14.2. The standard InChI is InChI=1S/C52H87N3O16P2/c1-2-3-4-5-6-7-8-9-10-12-16-19-22-25-28-31-34-37-48(58)69-44(41-66-47(57)36-33-30-27-24-21-18-15-13-11-14-17-20-23-26-29-32-35-40-56)42-67-72(62,63)71-73(64,65)68-43-45-49(59)50(60)51(70-45)55-39-38-46(53)54-52(55)61/h9-11,14-15,18,20,23-24,27,38-39,44-45,49-51,56,59-60H,2-8,12-13,16-17,19,21-22,25-26,28-37,40-43H2,1H3,(H,62,63)(H,64,65)(H2,53,54,61)/b10-9-,14-11-,18-15-,23-20-,27-24-/t44-,45-,49-,50-,51-/m1/s1. The average molecular weight is 1070 g/mol. The minimum absolute atomic E-state index is 0.0263. The van der Waals surface area contributed by atoms with E-state index in [1.807, 2.05) is 12.2 Å². The number of carbonyl (C=O) groups excluding carboxylic acids is 2. The molecule has 1 aliphatic heterocycles. The number of nitrogens with two attached hydrogens (primary N) is 1. The highest BCUT2D eigenvalue weighted by atomic mass is 31.3. The van der Waals surface area contributed by atoms with Crippen molar-refractivity contribution in [3.8, 4) is 0 Å². The van der Waals surface area contributed by atoms with Crippen LogP contribution in [0.3, 0.4) is 0 Å². The zero-order valence-corrected chi connectivity index (χ0v) is 44.9. The van der Waals surface area contributed by atoms with E-state index >= 15 is 0 Å². The first kappa shape index (κ1) is 65.5. The number of phosphoric ester groups is 2. The minimum atomic E-state index is -5.44. The van der Waals surface area contributed by atoms with Gasteiger partial charge in [-0.05, 0) is 89.5 Å². The van der Waals surface area contributed by atoms with Crippen LogP contribution in [0.1, 0.15) is 180 Å². The quantitative estimate of drug-likeness (QED) is 0.0153. The fourth-order valence-electron chi connectivity index (χ4n) is 7.52. The van der Waals surface area contributed by atoms with Crippen LogP contribution in [0.2, 0.25) is 0 Å². The molecule has 0 amide bonds. The zero-order chi connectivity index (χ0) is 53.4. The molecule has 416 valence electrons. The van der Waals surface area contributed by atoms with Crippen molar-refractivity contribution in [3.05, 3.63) is 83.5 Å². The van der Waals surface area contributed by atoms with Crippen LogP contribution in [-0.2, 0) is 46.3 Å². The van der Waals surface area contributed by atoms with Crippen LogP contribution in [0.25, 0.3) is 0 Å². The van der Waals surface area contributed by atoms with Gasteiger partial charge in [0.25, 0.3) is 0 Å². The van der Waals surface area contributed by atoms with Gasteiger partial charge >= 0.3 is 33.3 Å². The number of aromatic nitrogens is 2. The molecule has 7 atom stereocenters. The van der Waals surface area contributed by atoms with E-state index in [0.29, 0.717) is 19.3 Å². The second-order valence-electron chi connectivity index (χ2n) is 18.1. The fourth-order valence-corrected chi connectivity index (χ4v) is 9.63. The number of unbranched alkanes of at least 4 members (excludes halogenated alkanes) is 17. The number of carbonyl (C=O) groups is 2. The van der Waals surface area contributed by atoms with Gasteiger partial charge in [-0.2, -0.15) is 9.29 Å². The first-order valence-corrected chi connectivity index (χ1v) is 29.4. The summed E-state index contributed by atoms with van der Waals surface area (Å²) in [5, 5.41) is 29.7. The van der Waals surface area contributed by atoms with Crippen molar-refractivity contribution in [3.63, 3.8) is 0 Å². The molecule has 0 aromatic carbocycles. The highest BCUT2D eigenvalue weighted by molar-refractivity contribution is 7.61. The first-order valence-electron chi connectivity index (χ1n) is 26.4. The van der Waals surface area contributed by atoms with Crippen LogP contribution in [0.4, 0.5) is 5.82 Å². The summed E-state index contributed by atoms with van der Waals surface area (Å²) in [7, 11) is -10.9. The smallest absolute Gasteiger partial charge is 0.462 e. The average Bonchev–Trinajstić information content (AvgIpc) is 3.63. The van der Waals surface area contributed by atoms with Gasteiger partial charge in [0.05, 0.1) is 13.2 Å². The van der Waals surface area contributed by atoms with Crippen molar-refractivity contribution < 1.29 is 71.4 Å². The molecule has 0 bridgehead atoms. The Hall–Kier alpha value is -3.58. The highest BCUT2D eigenvalue weighted by Crippen LogP contribution is 2.60. The predicted octanol–water partition coefficient (Wildman–Crippen LogP) is 10.1. The summed E-state index contributed by atoms with van der Waals surface area (Å²) >= 11 is 0. The van der Waals surface area contributed by atoms with Crippen LogP contribution < -0.4 is 11.4 Å². The van der Waals surface area contributed by atoms with Gasteiger partial charge in [-0.3, -0.25) is 23.2 Å². The van der Waals surface area contributed by atoms with Gasteiger partial charge in [0.1, 0.15) is 30.7 Å². The van der Waals surface area contributed by atoms with Gasteiger partial charge in [0, 0.05) is 25.6 Å². The lowest BCUT2D eigenvalue weighted by molar-refractivity contribution is -0.161. The number of hydrogen-bond acceptors (Lipinski definition) is 16. The van der Waals surface area contributed by atoms with E-state index < -0.39 is 83.7 Å². The maximum atomic E-state index is 12.9. The van der Waals surface area contributed by atoms with Gasteiger partial charge in [-0.1, -0.05) is 138 Å². The molecule has 0 radical (unpaired) electrons. The Bertz CT molecular complexity index is 1960. The molecule has 0 spiro atoms.